The predicted octanol–water partition coefficient (Wildman–Crippen LogP) is 6.31. The Labute approximate surface area is 164 Å². The van der Waals surface area contributed by atoms with E-state index in [1.54, 1.807) is 0 Å². The molecule has 2 aliphatic carbocycles. The summed E-state index contributed by atoms with van der Waals surface area (Å²) in [5.41, 5.74) is 2.66. The van der Waals surface area contributed by atoms with Crippen LogP contribution >= 0.6 is 0 Å². The Morgan fingerprint density at radius 2 is 1.70 bits per heavy atom. The lowest BCUT2D eigenvalue weighted by molar-refractivity contribution is -0.138. The second-order valence-corrected chi connectivity index (χ2v) is 8.43. The molecule has 2 heteroatoms. The van der Waals surface area contributed by atoms with E-state index in [9.17, 15) is 9.90 Å². The topological polar surface area (TPSA) is 37.3 Å². The van der Waals surface area contributed by atoms with Crippen molar-refractivity contribution in [3.8, 4) is 0 Å². The Kier molecular flexibility index (Phi) is 6.57. The number of carboxylic acids is 1. The Morgan fingerprint density at radius 1 is 1.04 bits per heavy atom. The van der Waals surface area contributed by atoms with E-state index >= 15 is 0 Å². The zero-order chi connectivity index (χ0) is 19.3. The Morgan fingerprint density at radius 3 is 2.30 bits per heavy atom. The fraction of sp³-hybridized carbons (Fsp3) is 0.560. The standard InChI is InChI=1S/C25H34O2/c1-3-7-19-11-13-22(14-12-19)25(17-15-21(16-18-25)24(26)27)23-10-6-5-9-20(23)8-4-2/h5-6,9-10,15-19,21-22H,3-4,7-8,11-14H2,1-2H3,(H,26,27)/t19-,21?,22-,25?. The van der Waals surface area contributed by atoms with Crippen LogP contribution in [0, 0.1) is 17.8 Å². The van der Waals surface area contributed by atoms with Crippen LogP contribution in [0.15, 0.2) is 48.6 Å². The number of allylic oxidation sites excluding steroid dienone is 2. The van der Waals surface area contributed by atoms with Crippen molar-refractivity contribution in [3.05, 3.63) is 59.7 Å². The number of carbonyl (C=O) groups is 1. The van der Waals surface area contributed by atoms with Gasteiger partial charge in [0.25, 0.3) is 0 Å². The zero-order valence-electron chi connectivity index (χ0n) is 16.9. The minimum Gasteiger partial charge on any atom is -0.481 e. The van der Waals surface area contributed by atoms with E-state index in [0.717, 1.165) is 18.8 Å². The molecule has 0 heterocycles. The Balaban J connectivity index is 1.96. The van der Waals surface area contributed by atoms with Crippen LogP contribution in [0.3, 0.4) is 0 Å². The summed E-state index contributed by atoms with van der Waals surface area (Å²) in [6, 6.07) is 8.81. The normalized spacial score (nSPS) is 30.4. The van der Waals surface area contributed by atoms with Crippen molar-refractivity contribution < 1.29 is 9.90 Å². The van der Waals surface area contributed by atoms with E-state index < -0.39 is 11.9 Å². The van der Waals surface area contributed by atoms with Crippen LogP contribution in [-0.2, 0) is 16.6 Å². The van der Waals surface area contributed by atoms with Gasteiger partial charge < -0.3 is 5.11 Å². The molecule has 1 saturated carbocycles. The van der Waals surface area contributed by atoms with Gasteiger partial charge in [0, 0.05) is 5.41 Å². The lowest BCUT2D eigenvalue weighted by Crippen LogP contribution is -2.37. The third-order valence-electron chi connectivity index (χ3n) is 6.67. The van der Waals surface area contributed by atoms with Crippen molar-refractivity contribution in [2.45, 2.75) is 70.6 Å². The highest BCUT2D eigenvalue weighted by Crippen LogP contribution is 2.48. The monoisotopic (exact) mass is 366 g/mol. The van der Waals surface area contributed by atoms with E-state index in [0.29, 0.717) is 5.92 Å². The van der Waals surface area contributed by atoms with Crippen LogP contribution in [0.5, 0.6) is 0 Å². The maximum absolute atomic E-state index is 11.5. The molecule has 0 unspecified atom stereocenters. The van der Waals surface area contributed by atoms with Gasteiger partial charge in [-0.15, -0.1) is 0 Å². The van der Waals surface area contributed by atoms with E-state index in [1.165, 1.54) is 49.7 Å². The Bertz CT molecular complexity index is 678. The van der Waals surface area contributed by atoms with E-state index in [1.807, 2.05) is 12.2 Å². The molecule has 27 heavy (non-hydrogen) atoms. The third kappa shape index (κ3) is 4.20. The lowest BCUT2D eigenvalue weighted by atomic mass is 9.60. The van der Waals surface area contributed by atoms with Gasteiger partial charge in [-0.25, -0.2) is 0 Å². The molecule has 2 aliphatic rings. The van der Waals surface area contributed by atoms with Crippen molar-refractivity contribution in [2.24, 2.45) is 17.8 Å². The molecule has 0 radical (unpaired) electrons. The maximum atomic E-state index is 11.5. The van der Waals surface area contributed by atoms with Gasteiger partial charge in [-0.3, -0.25) is 4.79 Å². The molecule has 146 valence electrons. The van der Waals surface area contributed by atoms with Crippen molar-refractivity contribution >= 4 is 5.97 Å². The van der Waals surface area contributed by atoms with Gasteiger partial charge in [0.15, 0.2) is 0 Å². The summed E-state index contributed by atoms with van der Waals surface area (Å²) < 4.78 is 0. The number of benzene rings is 1. The van der Waals surface area contributed by atoms with Crippen LogP contribution in [0.4, 0.5) is 0 Å². The summed E-state index contributed by atoms with van der Waals surface area (Å²) in [6.07, 6.45) is 18.2. The molecule has 2 nitrogen and oxygen atoms in total. The highest BCUT2D eigenvalue weighted by atomic mass is 16.4. The first-order valence-corrected chi connectivity index (χ1v) is 10.8. The molecule has 1 N–H and O–H groups in total. The van der Waals surface area contributed by atoms with Crippen LogP contribution < -0.4 is 0 Å². The predicted molar refractivity (Wildman–Crippen MR) is 112 cm³/mol. The SMILES string of the molecule is CCCc1ccccc1C1([C@H]2CC[C@H](CCC)CC2)C=CC(C(=O)O)C=C1. The first kappa shape index (κ1) is 19.9. The number of aliphatic carboxylic acids is 1. The number of rotatable bonds is 7. The minimum atomic E-state index is -0.760. The molecule has 1 fully saturated rings. The Hall–Kier alpha value is -1.83. The summed E-state index contributed by atoms with van der Waals surface area (Å²) in [5.74, 6) is 0.181. The van der Waals surface area contributed by atoms with Crippen LogP contribution in [-0.4, -0.2) is 11.1 Å². The molecular formula is C25H34O2. The summed E-state index contributed by atoms with van der Waals surface area (Å²) >= 11 is 0. The molecule has 0 aliphatic heterocycles. The molecule has 0 saturated heterocycles. The first-order chi connectivity index (χ1) is 13.1. The van der Waals surface area contributed by atoms with Gasteiger partial charge in [0.05, 0.1) is 5.92 Å². The average molecular weight is 367 g/mol. The fourth-order valence-electron chi connectivity index (χ4n) is 5.25. The fourth-order valence-corrected chi connectivity index (χ4v) is 5.25. The quantitative estimate of drug-likeness (QED) is 0.574. The maximum Gasteiger partial charge on any atom is 0.314 e. The molecule has 0 spiro atoms. The summed E-state index contributed by atoms with van der Waals surface area (Å²) in [7, 11) is 0. The number of hydrogen-bond donors (Lipinski definition) is 1. The van der Waals surface area contributed by atoms with Crippen LogP contribution in [0.1, 0.15) is 69.9 Å². The second-order valence-electron chi connectivity index (χ2n) is 8.43. The molecule has 0 aromatic heterocycles. The van der Waals surface area contributed by atoms with E-state index in [4.69, 9.17) is 0 Å². The smallest absolute Gasteiger partial charge is 0.314 e. The molecule has 0 amide bonds. The molecular weight excluding hydrogens is 332 g/mol. The molecule has 0 bridgehead atoms. The molecule has 0 atom stereocenters. The van der Waals surface area contributed by atoms with Crippen molar-refractivity contribution in [2.75, 3.05) is 0 Å². The average Bonchev–Trinajstić information content (AvgIpc) is 2.69. The van der Waals surface area contributed by atoms with Crippen molar-refractivity contribution in [1.29, 1.82) is 0 Å². The van der Waals surface area contributed by atoms with Crippen LogP contribution in [0.2, 0.25) is 0 Å². The number of carboxylic acid groups (broad SMARTS) is 1. The van der Waals surface area contributed by atoms with E-state index in [-0.39, 0.29) is 5.41 Å². The lowest BCUT2D eigenvalue weighted by Gasteiger charge is -2.43. The highest BCUT2D eigenvalue weighted by Gasteiger charge is 2.41. The molecule has 3 rings (SSSR count). The third-order valence-corrected chi connectivity index (χ3v) is 6.67. The zero-order valence-corrected chi connectivity index (χ0v) is 16.9. The highest BCUT2D eigenvalue weighted by molar-refractivity contribution is 5.75. The van der Waals surface area contributed by atoms with Crippen LogP contribution in [0.25, 0.3) is 0 Å². The van der Waals surface area contributed by atoms with Crippen molar-refractivity contribution in [1.82, 2.24) is 0 Å². The van der Waals surface area contributed by atoms with Gasteiger partial charge in [-0.1, -0.05) is 94.5 Å². The molecule has 1 aromatic carbocycles. The number of hydrogen-bond acceptors (Lipinski definition) is 1. The second kappa shape index (κ2) is 8.91. The largest absolute Gasteiger partial charge is 0.481 e. The summed E-state index contributed by atoms with van der Waals surface area (Å²) in [4.78, 5) is 11.5. The molecule has 1 aromatic rings. The minimum absolute atomic E-state index is 0.144. The number of aryl methyl sites for hydroxylation is 1. The van der Waals surface area contributed by atoms with Gasteiger partial charge in [0.2, 0.25) is 0 Å². The van der Waals surface area contributed by atoms with Gasteiger partial charge in [-0.2, -0.15) is 0 Å². The summed E-state index contributed by atoms with van der Waals surface area (Å²) in [5, 5.41) is 9.42. The van der Waals surface area contributed by atoms with E-state index in [2.05, 4.69) is 50.3 Å². The van der Waals surface area contributed by atoms with Gasteiger partial charge >= 0.3 is 5.97 Å². The van der Waals surface area contributed by atoms with Gasteiger partial charge in [-0.05, 0) is 42.2 Å². The first-order valence-electron chi connectivity index (χ1n) is 10.8. The van der Waals surface area contributed by atoms with Gasteiger partial charge in [0.1, 0.15) is 0 Å². The summed E-state index contributed by atoms with van der Waals surface area (Å²) in [6.45, 7) is 4.51. The van der Waals surface area contributed by atoms with Crippen molar-refractivity contribution in [3.63, 3.8) is 0 Å².